The molecule has 2 aliphatic carbocycles. The van der Waals surface area contributed by atoms with Gasteiger partial charge in [0.15, 0.2) is 11.6 Å². The van der Waals surface area contributed by atoms with Gasteiger partial charge in [0.1, 0.15) is 5.17 Å². The molecule has 1 aromatic heterocycles. The lowest BCUT2D eigenvalue weighted by molar-refractivity contribution is -0.155. The summed E-state index contributed by atoms with van der Waals surface area (Å²) in [6, 6.07) is 8.33. The Kier molecular flexibility index (Phi) is 5.28. The minimum atomic E-state index is -0.878. The van der Waals surface area contributed by atoms with Crippen molar-refractivity contribution >= 4 is 33.6 Å². The largest absolute Gasteiger partial charge is 0.481 e. The highest BCUT2D eigenvalue weighted by Gasteiger charge is 2.56. The van der Waals surface area contributed by atoms with Crippen molar-refractivity contribution in [2.24, 2.45) is 16.3 Å². The van der Waals surface area contributed by atoms with Gasteiger partial charge in [-0.2, -0.15) is 0 Å². The summed E-state index contributed by atoms with van der Waals surface area (Å²) in [4.78, 5) is 15.9. The van der Waals surface area contributed by atoms with Gasteiger partial charge in [-0.3, -0.25) is 9.79 Å². The summed E-state index contributed by atoms with van der Waals surface area (Å²) >= 11 is 6.45. The fourth-order valence-corrected chi connectivity index (χ4v) is 7.61. The van der Waals surface area contributed by atoms with Crippen molar-refractivity contribution in [3.05, 3.63) is 64.4 Å². The van der Waals surface area contributed by atoms with Crippen molar-refractivity contribution in [3.8, 4) is 5.69 Å². The van der Waals surface area contributed by atoms with Gasteiger partial charge in [0.25, 0.3) is 0 Å². The van der Waals surface area contributed by atoms with Crippen molar-refractivity contribution in [1.29, 1.82) is 0 Å². The molecule has 1 N–H and O–H groups in total. The number of nitrogens with zero attached hydrogens (tertiary/aromatic N) is 2. The van der Waals surface area contributed by atoms with Crippen molar-refractivity contribution in [2.45, 2.75) is 56.9 Å². The van der Waals surface area contributed by atoms with Crippen molar-refractivity contribution in [3.63, 3.8) is 0 Å². The van der Waals surface area contributed by atoms with Crippen LogP contribution in [-0.2, 0) is 16.1 Å². The molecule has 1 spiro atoms. The lowest BCUT2D eigenvalue weighted by Gasteiger charge is -2.57. The molecule has 2 aromatic carbocycles. The van der Waals surface area contributed by atoms with Crippen LogP contribution in [0.15, 0.2) is 35.3 Å². The first kappa shape index (κ1) is 23.4. The number of carboxylic acids is 1. The van der Waals surface area contributed by atoms with Gasteiger partial charge in [0, 0.05) is 47.5 Å². The van der Waals surface area contributed by atoms with E-state index in [-0.39, 0.29) is 23.2 Å². The number of aromatic nitrogens is 1. The highest BCUT2D eigenvalue weighted by atomic mass is 35.5. The van der Waals surface area contributed by atoms with Crippen LogP contribution < -0.4 is 0 Å². The summed E-state index contributed by atoms with van der Waals surface area (Å²) in [6.45, 7) is 1.85. The maximum Gasteiger partial charge on any atom is 0.306 e. The minimum Gasteiger partial charge on any atom is -0.481 e. The topological polar surface area (TPSA) is 63.8 Å². The van der Waals surface area contributed by atoms with E-state index in [0.29, 0.717) is 30.6 Å². The van der Waals surface area contributed by atoms with Gasteiger partial charge < -0.3 is 14.4 Å². The van der Waals surface area contributed by atoms with Crippen LogP contribution in [0.5, 0.6) is 0 Å². The van der Waals surface area contributed by atoms with Gasteiger partial charge in [-0.1, -0.05) is 11.6 Å². The third-order valence-electron chi connectivity index (χ3n) is 9.12. The summed E-state index contributed by atoms with van der Waals surface area (Å²) in [5, 5.41) is 11.0. The van der Waals surface area contributed by atoms with E-state index in [1.165, 1.54) is 17.7 Å². The highest BCUT2D eigenvalue weighted by Crippen LogP contribution is 2.65. The summed E-state index contributed by atoms with van der Waals surface area (Å²) in [6.07, 6.45) is 5.11. The van der Waals surface area contributed by atoms with Crippen LogP contribution in [0.4, 0.5) is 8.78 Å². The molecule has 4 aliphatic rings. The molecule has 8 heteroatoms. The molecule has 0 bridgehead atoms. The second-order valence-electron chi connectivity index (χ2n) is 11.3. The Bertz CT molecular complexity index is 1480. The van der Waals surface area contributed by atoms with Crippen LogP contribution in [0.25, 0.3) is 16.6 Å². The summed E-state index contributed by atoms with van der Waals surface area (Å²) in [5.74, 6) is -2.17. The van der Waals surface area contributed by atoms with Crippen LogP contribution >= 0.6 is 11.6 Å². The Morgan fingerprint density at radius 2 is 1.81 bits per heavy atom. The number of halogens is 3. The standard InChI is InChI=1S/C29H27ClF2N2O3/c30-27-20-9-24-21(7-16(20)14-33-27)25(17-10-29(11-17)12-18(13-29)28(35)36)26(15-3-5-37-6-4-15)34(24)19-1-2-22(31)23(32)8-19/h1-2,7-9,15,17-18H,3-6,10-14H2,(H,35,36). The Labute approximate surface area is 218 Å². The number of benzene rings is 2. The average Bonchev–Trinajstić information content (AvgIpc) is 3.36. The number of aliphatic imine (C=N–C) groups is 1. The van der Waals surface area contributed by atoms with E-state index in [1.54, 1.807) is 6.07 Å². The molecule has 3 aromatic rings. The van der Waals surface area contributed by atoms with Gasteiger partial charge in [-0.15, -0.1) is 0 Å². The van der Waals surface area contributed by atoms with Crippen molar-refractivity contribution in [2.75, 3.05) is 13.2 Å². The molecule has 3 fully saturated rings. The first-order valence-corrected chi connectivity index (χ1v) is 13.4. The summed E-state index contributed by atoms with van der Waals surface area (Å²) in [7, 11) is 0. The molecule has 192 valence electrons. The normalized spacial score (nSPS) is 27.2. The van der Waals surface area contributed by atoms with Gasteiger partial charge >= 0.3 is 5.97 Å². The fourth-order valence-electron chi connectivity index (χ4n) is 7.37. The van der Waals surface area contributed by atoms with Crippen LogP contribution in [0.2, 0.25) is 0 Å². The van der Waals surface area contributed by atoms with Gasteiger partial charge in [0.05, 0.1) is 18.0 Å². The Hall–Kier alpha value is -2.77. The molecule has 3 heterocycles. The number of hydrogen-bond acceptors (Lipinski definition) is 3. The lowest BCUT2D eigenvalue weighted by atomic mass is 9.47. The van der Waals surface area contributed by atoms with E-state index in [1.807, 2.05) is 0 Å². The second-order valence-corrected chi connectivity index (χ2v) is 11.7. The summed E-state index contributed by atoms with van der Waals surface area (Å²) in [5.41, 5.74) is 6.00. The molecule has 37 heavy (non-hydrogen) atoms. The van der Waals surface area contributed by atoms with E-state index in [2.05, 4.69) is 21.7 Å². The smallest absolute Gasteiger partial charge is 0.306 e. The first-order valence-electron chi connectivity index (χ1n) is 13.0. The van der Waals surface area contributed by atoms with E-state index in [0.717, 1.165) is 66.2 Å². The maximum atomic E-state index is 14.5. The van der Waals surface area contributed by atoms with E-state index < -0.39 is 17.6 Å². The highest BCUT2D eigenvalue weighted by molar-refractivity contribution is 6.70. The molecular weight excluding hydrogens is 498 g/mol. The van der Waals surface area contributed by atoms with Crippen LogP contribution in [0, 0.1) is 23.0 Å². The molecule has 0 radical (unpaired) electrons. The molecule has 0 atom stereocenters. The Morgan fingerprint density at radius 3 is 2.51 bits per heavy atom. The zero-order valence-electron chi connectivity index (χ0n) is 20.3. The van der Waals surface area contributed by atoms with Crippen LogP contribution in [0.3, 0.4) is 0 Å². The van der Waals surface area contributed by atoms with Crippen molar-refractivity contribution < 1.29 is 23.4 Å². The zero-order valence-corrected chi connectivity index (χ0v) is 21.0. The zero-order chi connectivity index (χ0) is 25.5. The number of aliphatic carboxylic acids is 1. The minimum absolute atomic E-state index is 0.111. The Balaban J connectivity index is 1.42. The molecule has 1 saturated heterocycles. The fraction of sp³-hybridized carbons (Fsp3) is 0.448. The van der Waals surface area contributed by atoms with Crippen molar-refractivity contribution in [1.82, 2.24) is 4.57 Å². The predicted octanol–water partition coefficient (Wildman–Crippen LogP) is 6.66. The number of rotatable bonds is 4. The number of hydrogen-bond donors (Lipinski definition) is 1. The van der Waals surface area contributed by atoms with Crippen LogP contribution in [0.1, 0.15) is 72.7 Å². The van der Waals surface area contributed by atoms with Gasteiger partial charge in [-0.25, -0.2) is 8.78 Å². The Morgan fingerprint density at radius 1 is 1.05 bits per heavy atom. The average molecular weight is 525 g/mol. The monoisotopic (exact) mass is 524 g/mol. The predicted molar refractivity (Wildman–Crippen MR) is 137 cm³/mol. The van der Waals surface area contributed by atoms with Gasteiger partial charge in [0.2, 0.25) is 0 Å². The van der Waals surface area contributed by atoms with E-state index in [9.17, 15) is 18.7 Å². The van der Waals surface area contributed by atoms with Crippen LogP contribution in [-0.4, -0.2) is 34.0 Å². The second kappa shape index (κ2) is 8.37. The van der Waals surface area contributed by atoms with E-state index >= 15 is 0 Å². The summed E-state index contributed by atoms with van der Waals surface area (Å²) < 4.78 is 36.3. The lowest BCUT2D eigenvalue weighted by Crippen LogP contribution is -2.49. The SMILES string of the molecule is O=C(O)C1CC2(C1)CC(c1c(C3CCOCC3)n(-c3ccc(F)c(F)c3)c3cc4c(cc13)CN=C4Cl)C2. The molecule has 2 aliphatic heterocycles. The quantitative estimate of drug-likeness (QED) is 0.415. The molecule has 7 rings (SSSR count). The number of carboxylic acid groups (broad SMARTS) is 1. The molecule has 5 nitrogen and oxygen atoms in total. The molecular formula is C29H27ClF2N2O3. The number of carbonyl (C=O) groups is 1. The first-order chi connectivity index (χ1) is 17.8. The molecule has 0 amide bonds. The molecule has 0 unspecified atom stereocenters. The number of ether oxygens (including phenoxy) is 1. The third-order valence-corrected chi connectivity index (χ3v) is 9.45. The van der Waals surface area contributed by atoms with Gasteiger partial charge in [-0.05, 0) is 85.3 Å². The third kappa shape index (κ3) is 3.57. The van der Waals surface area contributed by atoms with E-state index in [4.69, 9.17) is 16.3 Å². The molecule has 2 saturated carbocycles. The maximum absolute atomic E-state index is 14.5. The number of fused-ring (bicyclic) bond motifs is 2.